The number of furan rings is 1. The second-order valence-electron chi connectivity index (χ2n) is 4.87. The molecule has 7 heteroatoms. The molecular formula is C17H11F2NO4. The van der Waals surface area contributed by atoms with Gasteiger partial charge in [0.25, 0.3) is 5.91 Å². The SMILES string of the molecule is O=C(Nc1oc(-c2c(F)cccc2F)c(O)c1O)c1ccccc1. The molecule has 0 radical (unpaired) electrons. The van der Waals surface area contributed by atoms with E-state index in [-0.39, 0.29) is 5.56 Å². The van der Waals surface area contributed by atoms with Crippen molar-refractivity contribution in [3.63, 3.8) is 0 Å². The first kappa shape index (κ1) is 15.5. The largest absolute Gasteiger partial charge is 0.502 e. The van der Waals surface area contributed by atoms with Gasteiger partial charge in [0.1, 0.15) is 11.6 Å². The van der Waals surface area contributed by atoms with Crippen LogP contribution in [0.4, 0.5) is 14.7 Å². The summed E-state index contributed by atoms with van der Waals surface area (Å²) in [5.41, 5.74) is -0.378. The molecule has 5 nitrogen and oxygen atoms in total. The van der Waals surface area contributed by atoms with E-state index in [0.29, 0.717) is 0 Å². The number of nitrogens with one attached hydrogen (secondary N) is 1. The van der Waals surface area contributed by atoms with Crippen LogP contribution in [0.2, 0.25) is 0 Å². The van der Waals surface area contributed by atoms with Gasteiger partial charge in [-0.15, -0.1) is 0 Å². The molecule has 122 valence electrons. The van der Waals surface area contributed by atoms with Gasteiger partial charge in [0.05, 0.1) is 5.56 Å². The zero-order valence-electron chi connectivity index (χ0n) is 12.1. The molecule has 2 aromatic carbocycles. The minimum atomic E-state index is -0.986. The van der Waals surface area contributed by atoms with E-state index in [1.807, 2.05) is 0 Å². The lowest BCUT2D eigenvalue weighted by molar-refractivity contribution is 0.102. The van der Waals surface area contributed by atoms with Gasteiger partial charge in [-0.05, 0) is 24.3 Å². The number of rotatable bonds is 3. The molecule has 0 fully saturated rings. The fourth-order valence-corrected chi connectivity index (χ4v) is 2.15. The van der Waals surface area contributed by atoms with Crippen LogP contribution in [0, 0.1) is 11.6 Å². The van der Waals surface area contributed by atoms with Gasteiger partial charge in [-0.3, -0.25) is 10.1 Å². The van der Waals surface area contributed by atoms with Crippen molar-refractivity contribution in [3.05, 3.63) is 65.7 Å². The zero-order chi connectivity index (χ0) is 17.3. The molecule has 1 amide bonds. The predicted octanol–water partition coefficient (Wildman–Crippen LogP) is 3.89. The molecule has 0 atom stereocenters. The van der Waals surface area contributed by atoms with Gasteiger partial charge in [-0.2, -0.15) is 0 Å². The van der Waals surface area contributed by atoms with E-state index in [2.05, 4.69) is 5.32 Å². The molecule has 0 unspecified atom stereocenters. The molecule has 0 saturated heterocycles. The van der Waals surface area contributed by atoms with Gasteiger partial charge in [0.15, 0.2) is 5.76 Å². The standard InChI is InChI=1S/C17H11F2NO4/c18-10-7-4-8-11(19)12(10)15-13(21)14(22)17(24-15)20-16(23)9-5-2-1-3-6-9/h1-8,21-22H,(H,20,23). The second-order valence-corrected chi connectivity index (χ2v) is 4.87. The van der Waals surface area contributed by atoms with Gasteiger partial charge >= 0.3 is 0 Å². The maximum Gasteiger partial charge on any atom is 0.258 e. The lowest BCUT2D eigenvalue weighted by Gasteiger charge is -2.03. The molecule has 0 bridgehead atoms. The van der Waals surface area contributed by atoms with E-state index in [0.717, 1.165) is 18.2 Å². The Morgan fingerprint density at radius 3 is 2.17 bits per heavy atom. The van der Waals surface area contributed by atoms with Crippen LogP contribution >= 0.6 is 0 Å². The number of amides is 1. The molecule has 0 aliphatic rings. The van der Waals surface area contributed by atoms with E-state index in [4.69, 9.17) is 4.42 Å². The van der Waals surface area contributed by atoms with E-state index in [1.165, 1.54) is 12.1 Å². The first-order valence-electron chi connectivity index (χ1n) is 6.84. The van der Waals surface area contributed by atoms with Gasteiger partial charge in [0, 0.05) is 5.56 Å². The number of carbonyl (C=O) groups excluding carboxylic acids is 1. The first-order chi connectivity index (χ1) is 11.5. The van der Waals surface area contributed by atoms with Crippen LogP contribution in [0.25, 0.3) is 11.3 Å². The van der Waals surface area contributed by atoms with Crippen LogP contribution < -0.4 is 5.32 Å². The highest BCUT2D eigenvalue weighted by Gasteiger charge is 2.26. The summed E-state index contributed by atoms with van der Waals surface area (Å²) >= 11 is 0. The van der Waals surface area contributed by atoms with Crippen LogP contribution in [-0.4, -0.2) is 16.1 Å². The minimum absolute atomic E-state index is 0.270. The molecule has 3 N–H and O–H groups in total. The van der Waals surface area contributed by atoms with Crippen molar-refractivity contribution in [2.24, 2.45) is 0 Å². The summed E-state index contributed by atoms with van der Waals surface area (Å²) in [5.74, 6) is -5.43. The maximum atomic E-state index is 13.8. The monoisotopic (exact) mass is 331 g/mol. The smallest absolute Gasteiger partial charge is 0.258 e. The summed E-state index contributed by atoms with van der Waals surface area (Å²) in [4.78, 5) is 12.0. The van der Waals surface area contributed by atoms with Crippen molar-refractivity contribution < 1.29 is 28.2 Å². The second kappa shape index (κ2) is 6.04. The molecule has 1 heterocycles. The van der Waals surface area contributed by atoms with E-state index >= 15 is 0 Å². The third-order valence-electron chi connectivity index (χ3n) is 3.31. The molecule has 0 spiro atoms. The van der Waals surface area contributed by atoms with E-state index in [9.17, 15) is 23.8 Å². The summed E-state index contributed by atoms with van der Waals surface area (Å²) in [5, 5.41) is 22.0. The first-order valence-corrected chi connectivity index (χ1v) is 6.84. The fourth-order valence-electron chi connectivity index (χ4n) is 2.15. The Kier molecular flexibility index (Phi) is 3.91. The van der Waals surface area contributed by atoms with Gasteiger partial charge in [-0.1, -0.05) is 24.3 Å². The van der Waals surface area contributed by atoms with Crippen molar-refractivity contribution in [3.8, 4) is 22.8 Å². The zero-order valence-corrected chi connectivity index (χ0v) is 12.1. The molecule has 1 aromatic heterocycles. The topological polar surface area (TPSA) is 82.7 Å². The highest BCUT2D eigenvalue weighted by Crippen LogP contribution is 2.46. The lowest BCUT2D eigenvalue weighted by atomic mass is 10.1. The van der Waals surface area contributed by atoms with Crippen molar-refractivity contribution in [2.75, 3.05) is 5.32 Å². The van der Waals surface area contributed by atoms with Gasteiger partial charge in [-0.25, -0.2) is 8.78 Å². The maximum absolute atomic E-state index is 13.8. The highest BCUT2D eigenvalue weighted by molar-refractivity contribution is 6.04. The summed E-state index contributed by atoms with van der Waals surface area (Å²) in [6.07, 6.45) is 0. The molecule has 3 rings (SSSR count). The Labute approximate surface area is 134 Å². The van der Waals surface area contributed by atoms with E-state index in [1.54, 1.807) is 18.2 Å². The Morgan fingerprint density at radius 2 is 1.54 bits per heavy atom. The lowest BCUT2D eigenvalue weighted by Crippen LogP contribution is -2.11. The van der Waals surface area contributed by atoms with Gasteiger partial charge in [0.2, 0.25) is 17.4 Å². The number of aromatic hydroxyl groups is 2. The van der Waals surface area contributed by atoms with Crippen molar-refractivity contribution in [1.82, 2.24) is 0 Å². The number of hydrogen-bond acceptors (Lipinski definition) is 4. The van der Waals surface area contributed by atoms with Crippen LogP contribution in [0.3, 0.4) is 0 Å². The van der Waals surface area contributed by atoms with Crippen LogP contribution in [0.5, 0.6) is 11.5 Å². The molecular weight excluding hydrogens is 320 g/mol. The molecule has 24 heavy (non-hydrogen) atoms. The average molecular weight is 331 g/mol. The molecule has 0 aliphatic carbocycles. The Morgan fingerprint density at radius 1 is 0.917 bits per heavy atom. The molecule has 0 aliphatic heterocycles. The number of halogens is 2. The molecule has 0 saturated carbocycles. The number of anilines is 1. The Hall–Kier alpha value is -3.35. The predicted molar refractivity (Wildman–Crippen MR) is 81.8 cm³/mol. The van der Waals surface area contributed by atoms with E-state index < -0.39 is 46.2 Å². The summed E-state index contributed by atoms with van der Waals surface area (Å²) in [6, 6.07) is 11.1. The summed E-state index contributed by atoms with van der Waals surface area (Å²) in [7, 11) is 0. The Balaban J connectivity index is 1.99. The van der Waals surface area contributed by atoms with Crippen molar-refractivity contribution >= 4 is 11.8 Å². The third kappa shape index (κ3) is 2.67. The third-order valence-corrected chi connectivity index (χ3v) is 3.31. The van der Waals surface area contributed by atoms with Gasteiger partial charge < -0.3 is 14.6 Å². The summed E-state index contributed by atoms with van der Waals surface area (Å²) < 4.78 is 32.7. The highest BCUT2D eigenvalue weighted by atomic mass is 19.1. The average Bonchev–Trinajstić information content (AvgIpc) is 2.84. The minimum Gasteiger partial charge on any atom is -0.502 e. The Bertz CT molecular complexity index is 886. The quantitative estimate of drug-likeness (QED) is 0.680. The number of benzene rings is 2. The van der Waals surface area contributed by atoms with Crippen molar-refractivity contribution in [1.29, 1.82) is 0 Å². The molecule has 3 aromatic rings. The fraction of sp³-hybridized carbons (Fsp3) is 0. The van der Waals surface area contributed by atoms with Crippen LogP contribution in [0.1, 0.15) is 10.4 Å². The number of carbonyl (C=O) groups is 1. The number of hydrogen-bond donors (Lipinski definition) is 3. The van der Waals surface area contributed by atoms with Crippen LogP contribution in [-0.2, 0) is 0 Å². The summed E-state index contributed by atoms with van der Waals surface area (Å²) in [6.45, 7) is 0. The van der Waals surface area contributed by atoms with Crippen molar-refractivity contribution in [2.45, 2.75) is 0 Å². The normalized spacial score (nSPS) is 10.6. The van der Waals surface area contributed by atoms with Crippen LogP contribution in [0.15, 0.2) is 52.9 Å².